The minimum absolute atomic E-state index is 0.156. The first-order chi connectivity index (χ1) is 9.29. The highest BCUT2D eigenvalue weighted by atomic mass is 16.5. The minimum atomic E-state index is 0.156. The van der Waals surface area contributed by atoms with Crippen LogP contribution in [0, 0.1) is 0 Å². The zero-order valence-corrected chi connectivity index (χ0v) is 10.9. The van der Waals surface area contributed by atoms with Crippen LogP contribution in [0.2, 0.25) is 0 Å². The number of aromatic nitrogens is 1. The average Bonchev–Trinajstić information content (AvgIpc) is 2.84. The van der Waals surface area contributed by atoms with E-state index in [-0.39, 0.29) is 5.91 Å². The quantitative estimate of drug-likeness (QED) is 0.868. The van der Waals surface area contributed by atoms with Gasteiger partial charge in [-0.15, -0.1) is 0 Å². The molecule has 3 rings (SSSR count). The maximum Gasteiger partial charge on any atom is 0.236 e. The molecule has 0 spiro atoms. The van der Waals surface area contributed by atoms with Crippen molar-refractivity contribution in [3.05, 3.63) is 30.0 Å². The van der Waals surface area contributed by atoms with Crippen LogP contribution in [0.1, 0.15) is 5.56 Å². The number of hydrogen-bond donors (Lipinski definition) is 2. The number of nitrogens with zero attached hydrogens (tertiary/aromatic N) is 1. The molecule has 2 N–H and O–H groups in total. The maximum atomic E-state index is 11.8. The Balaban J connectivity index is 1.91. The van der Waals surface area contributed by atoms with E-state index in [0.29, 0.717) is 13.1 Å². The summed E-state index contributed by atoms with van der Waals surface area (Å²) in [5, 5.41) is 4.20. The van der Waals surface area contributed by atoms with Crippen molar-refractivity contribution in [1.29, 1.82) is 0 Å². The molecule has 5 heteroatoms. The largest absolute Gasteiger partial charge is 0.495 e. The van der Waals surface area contributed by atoms with Gasteiger partial charge in [-0.25, -0.2) is 0 Å². The van der Waals surface area contributed by atoms with Gasteiger partial charge in [-0.2, -0.15) is 0 Å². The van der Waals surface area contributed by atoms with Crippen LogP contribution in [0.5, 0.6) is 5.75 Å². The highest BCUT2D eigenvalue weighted by Crippen LogP contribution is 2.27. The van der Waals surface area contributed by atoms with Crippen LogP contribution in [-0.2, 0) is 11.3 Å². The first-order valence-corrected chi connectivity index (χ1v) is 6.41. The standard InChI is InChI=1S/C14H17N3O2/c1-19-12-4-2-3-11-10(7-16-14(11)12)9-17-6-5-15-8-13(17)18/h2-4,7,15-16H,5-6,8-9H2,1H3. The molecule has 0 atom stereocenters. The van der Waals surface area contributed by atoms with Crippen LogP contribution in [-0.4, -0.2) is 42.5 Å². The molecule has 1 fully saturated rings. The highest BCUT2D eigenvalue weighted by Gasteiger charge is 2.19. The van der Waals surface area contributed by atoms with Crippen LogP contribution in [0.3, 0.4) is 0 Å². The molecule has 100 valence electrons. The van der Waals surface area contributed by atoms with Gasteiger partial charge in [0.2, 0.25) is 5.91 Å². The third-order valence-electron chi connectivity index (χ3n) is 3.53. The van der Waals surface area contributed by atoms with Crippen LogP contribution in [0.25, 0.3) is 10.9 Å². The van der Waals surface area contributed by atoms with Gasteiger partial charge in [-0.05, 0) is 11.6 Å². The van der Waals surface area contributed by atoms with Gasteiger partial charge in [-0.3, -0.25) is 4.79 Å². The van der Waals surface area contributed by atoms with Gasteiger partial charge in [0, 0.05) is 31.2 Å². The highest BCUT2D eigenvalue weighted by molar-refractivity contribution is 5.89. The molecule has 0 aliphatic carbocycles. The number of H-pyrrole nitrogens is 1. The second kappa shape index (κ2) is 4.93. The number of amides is 1. The lowest BCUT2D eigenvalue weighted by Gasteiger charge is -2.27. The molecule has 1 amide bonds. The molecule has 19 heavy (non-hydrogen) atoms. The van der Waals surface area contributed by atoms with E-state index >= 15 is 0 Å². The summed E-state index contributed by atoms with van der Waals surface area (Å²) in [6.45, 7) is 2.70. The van der Waals surface area contributed by atoms with Gasteiger partial charge in [-0.1, -0.05) is 12.1 Å². The number of carbonyl (C=O) groups excluding carboxylic acids is 1. The summed E-state index contributed by atoms with van der Waals surface area (Å²) in [7, 11) is 1.66. The Kier molecular flexibility index (Phi) is 3.13. The molecule has 1 aliphatic rings. The van der Waals surface area contributed by atoms with E-state index in [9.17, 15) is 4.79 Å². The van der Waals surface area contributed by atoms with Gasteiger partial charge in [0.15, 0.2) is 0 Å². The fraction of sp³-hybridized carbons (Fsp3) is 0.357. The van der Waals surface area contributed by atoms with Crippen LogP contribution < -0.4 is 10.1 Å². The molecule has 0 unspecified atom stereocenters. The van der Waals surface area contributed by atoms with Crippen LogP contribution in [0.4, 0.5) is 0 Å². The SMILES string of the molecule is COc1cccc2c(CN3CCNCC3=O)c[nH]c12. The summed E-state index contributed by atoms with van der Waals surface area (Å²) < 4.78 is 5.33. The van der Waals surface area contributed by atoms with E-state index in [1.807, 2.05) is 23.2 Å². The smallest absolute Gasteiger partial charge is 0.236 e. The molecule has 0 radical (unpaired) electrons. The Bertz CT molecular complexity index is 606. The van der Waals surface area contributed by atoms with E-state index < -0.39 is 0 Å². The van der Waals surface area contributed by atoms with Crippen molar-refractivity contribution in [2.75, 3.05) is 26.7 Å². The van der Waals surface area contributed by atoms with Crippen LogP contribution >= 0.6 is 0 Å². The van der Waals surface area contributed by atoms with Crippen molar-refractivity contribution in [3.8, 4) is 5.75 Å². The van der Waals surface area contributed by atoms with E-state index in [2.05, 4.69) is 16.4 Å². The number of benzene rings is 1. The average molecular weight is 259 g/mol. The first kappa shape index (κ1) is 12.0. The predicted molar refractivity (Wildman–Crippen MR) is 73.1 cm³/mol. The van der Waals surface area contributed by atoms with Crippen molar-refractivity contribution in [2.24, 2.45) is 0 Å². The van der Waals surface area contributed by atoms with Crippen molar-refractivity contribution in [3.63, 3.8) is 0 Å². The lowest BCUT2D eigenvalue weighted by Crippen LogP contribution is -2.47. The van der Waals surface area contributed by atoms with E-state index in [0.717, 1.165) is 35.3 Å². The summed E-state index contributed by atoms with van der Waals surface area (Å²) in [6.07, 6.45) is 1.96. The number of fused-ring (bicyclic) bond motifs is 1. The second-order valence-electron chi connectivity index (χ2n) is 4.69. The molecule has 5 nitrogen and oxygen atoms in total. The van der Waals surface area contributed by atoms with Crippen molar-refractivity contribution >= 4 is 16.8 Å². The molecule has 2 heterocycles. The molecule has 2 aromatic rings. The molecule has 1 aromatic heterocycles. The zero-order valence-electron chi connectivity index (χ0n) is 10.9. The monoisotopic (exact) mass is 259 g/mol. The van der Waals surface area contributed by atoms with E-state index in [1.165, 1.54) is 0 Å². The Morgan fingerprint density at radius 3 is 3.11 bits per heavy atom. The van der Waals surface area contributed by atoms with Gasteiger partial charge in [0.05, 0.1) is 19.2 Å². The number of aromatic amines is 1. The summed E-state index contributed by atoms with van der Waals surface area (Å²) in [4.78, 5) is 16.9. The van der Waals surface area contributed by atoms with Gasteiger partial charge in [0.25, 0.3) is 0 Å². The van der Waals surface area contributed by atoms with Gasteiger partial charge >= 0.3 is 0 Å². The third kappa shape index (κ3) is 2.17. The van der Waals surface area contributed by atoms with Crippen molar-refractivity contribution in [2.45, 2.75) is 6.54 Å². The Morgan fingerprint density at radius 2 is 2.32 bits per heavy atom. The number of hydrogen-bond acceptors (Lipinski definition) is 3. The molecule has 0 bridgehead atoms. The predicted octanol–water partition coefficient (Wildman–Crippen LogP) is 1.11. The summed E-state index contributed by atoms with van der Waals surface area (Å²) >= 11 is 0. The number of rotatable bonds is 3. The number of para-hydroxylation sites is 1. The zero-order chi connectivity index (χ0) is 13.2. The molecule has 0 saturated carbocycles. The molecule has 1 aliphatic heterocycles. The van der Waals surface area contributed by atoms with Gasteiger partial charge in [0.1, 0.15) is 5.75 Å². The second-order valence-corrected chi connectivity index (χ2v) is 4.69. The first-order valence-electron chi connectivity index (χ1n) is 6.41. The van der Waals surface area contributed by atoms with Crippen molar-refractivity contribution < 1.29 is 9.53 Å². The Hall–Kier alpha value is -2.01. The molecular weight excluding hydrogens is 242 g/mol. The van der Waals surface area contributed by atoms with E-state index in [4.69, 9.17) is 4.74 Å². The number of methoxy groups -OCH3 is 1. The third-order valence-corrected chi connectivity index (χ3v) is 3.53. The van der Waals surface area contributed by atoms with Crippen LogP contribution in [0.15, 0.2) is 24.4 Å². The lowest BCUT2D eigenvalue weighted by atomic mass is 10.1. The Morgan fingerprint density at radius 1 is 1.42 bits per heavy atom. The number of piperazine rings is 1. The van der Waals surface area contributed by atoms with Crippen molar-refractivity contribution in [1.82, 2.24) is 15.2 Å². The molecule has 1 saturated heterocycles. The minimum Gasteiger partial charge on any atom is -0.495 e. The number of nitrogens with one attached hydrogen (secondary N) is 2. The Labute approximate surface area is 111 Å². The molecule has 1 aromatic carbocycles. The molecular formula is C14H17N3O2. The van der Waals surface area contributed by atoms with Gasteiger partial charge < -0.3 is 19.9 Å². The normalized spacial score (nSPS) is 16.1. The maximum absolute atomic E-state index is 11.8. The van der Waals surface area contributed by atoms with E-state index in [1.54, 1.807) is 7.11 Å². The topological polar surface area (TPSA) is 57.4 Å². The number of carbonyl (C=O) groups is 1. The fourth-order valence-corrected chi connectivity index (χ4v) is 2.50. The summed E-state index contributed by atoms with van der Waals surface area (Å²) in [5.74, 6) is 0.985. The number of ether oxygens (including phenoxy) is 1. The fourth-order valence-electron chi connectivity index (χ4n) is 2.50. The summed E-state index contributed by atoms with van der Waals surface area (Å²) in [6, 6.07) is 5.95. The lowest BCUT2D eigenvalue weighted by molar-refractivity contribution is -0.132. The summed E-state index contributed by atoms with van der Waals surface area (Å²) in [5.41, 5.74) is 2.12.